The molecule has 1 fully saturated rings. The number of hydrogen-bond donors (Lipinski definition) is 1. The largest absolute Gasteiger partial charge is 0.481 e. The third kappa shape index (κ3) is 3.65. The van der Waals surface area contributed by atoms with Crippen molar-refractivity contribution in [2.45, 2.75) is 53.0 Å². The lowest BCUT2D eigenvalue weighted by Crippen LogP contribution is -2.47. The van der Waals surface area contributed by atoms with Crippen molar-refractivity contribution >= 4 is 5.97 Å². The fraction of sp³-hybridized carbons (Fsp3) is 0.611. The fourth-order valence-electron chi connectivity index (χ4n) is 3.59. The molecule has 1 aromatic carbocycles. The van der Waals surface area contributed by atoms with Crippen molar-refractivity contribution in [2.75, 3.05) is 13.1 Å². The Morgan fingerprint density at radius 2 is 2.14 bits per heavy atom. The summed E-state index contributed by atoms with van der Waals surface area (Å²) < 4.78 is 0. The summed E-state index contributed by atoms with van der Waals surface area (Å²) in [6.45, 7) is 8.88. The molecule has 0 aromatic heterocycles. The van der Waals surface area contributed by atoms with Crippen molar-refractivity contribution in [2.24, 2.45) is 5.41 Å². The molecule has 1 aliphatic heterocycles. The first-order chi connectivity index (χ1) is 9.97. The van der Waals surface area contributed by atoms with Crippen LogP contribution in [0.1, 0.15) is 49.3 Å². The van der Waals surface area contributed by atoms with E-state index in [-0.39, 0.29) is 0 Å². The Balaban J connectivity index is 2.12. The second kappa shape index (κ2) is 6.61. The van der Waals surface area contributed by atoms with Crippen molar-refractivity contribution in [3.63, 3.8) is 0 Å². The van der Waals surface area contributed by atoms with Crippen LogP contribution in [0.5, 0.6) is 0 Å². The van der Waals surface area contributed by atoms with E-state index in [4.69, 9.17) is 0 Å². The number of carbonyl (C=O) groups is 1. The molecule has 1 atom stereocenters. The Bertz CT molecular complexity index is 508. The van der Waals surface area contributed by atoms with Crippen LogP contribution in [0, 0.1) is 19.3 Å². The molecule has 1 unspecified atom stereocenters. The normalized spacial score (nSPS) is 23.2. The number of nitrogens with zero attached hydrogens (tertiary/aromatic N) is 1. The summed E-state index contributed by atoms with van der Waals surface area (Å²) in [5.74, 6) is -0.616. The summed E-state index contributed by atoms with van der Waals surface area (Å²) in [5, 5.41) is 9.67. The van der Waals surface area contributed by atoms with E-state index in [1.165, 1.54) is 16.7 Å². The third-order valence-electron chi connectivity index (χ3n) is 4.73. The van der Waals surface area contributed by atoms with E-state index in [2.05, 4.69) is 43.9 Å². The van der Waals surface area contributed by atoms with Crippen LogP contribution in [0.25, 0.3) is 0 Å². The van der Waals surface area contributed by atoms with Gasteiger partial charge in [-0.3, -0.25) is 9.69 Å². The molecule has 1 aliphatic rings. The minimum Gasteiger partial charge on any atom is -0.481 e. The van der Waals surface area contributed by atoms with Gasteiger partial charge >= 0.3 is 5.97 Å². The maximum atomic E-state index is 11.7. The highest BCUT2D eigenvalue weighted by Gasteiger charge is 2.41. The van der Waals surface area contributed by atoms with E-state index in [1.54, 1.807) is 0 Å². The molecule has 21 heavy (non-hydrogen) atoms. The standard InChI is InChI=1S/C18H27NO2/c1-4-8-18(17(20)21)9-5-10-19(13-18)12-16-7-6-14(2)11-15(16)3/h6-7,11H,4-5,8-10,12-13H2,1-3H3,(H,20,21). The van der Waals surface area contributed by atoms with E-state index < -0.39 is 11.4 Å². The van der Waals surface area contributed by atoms with Crippen LogP contribution < -0.4 is 0 Å². The molecule has 3 nitrogen and oxygen atoms in total. The summed E-state index contributed by atoms with van der Waals surface area (Å²) in [4.78, 5) is 14.1. The number of aliphatic carboxylic acids is 1. The lowest BCUT2D eigenvalue weighted by atomic mass is 9.76. The minimum atomic E-state index is -0.616. The van der Waals surface area contributed by atoms with Crippen LogP contribution >= 0.6 is 0 Å². The third-order valence-corrected chi connectivity index (χ3v) is 4.73. The highest BCUT2D eigenvalue weighted by atomic mass is 16.4. The number of carboxylic acids is 1. The quantitative estimate of drug-likeness (QED) is 0.897. The molecule has 0 aliphatic carbocycles. The fourth-order valence-corrected chi connectivity index (χ4v) is 3.59. The topological polar surface area (TPSA) is 40.5 Å². The number of carboxylic acid groups (broad SMARTS) is 1. The van der Waals surface area contributed by atoms with Crippen molar-refractivity contribution in [1.82, 2.24) is 4.90 Å². The van der Waals surface area contributed by atoms with Gasteiger partial charge in [0.05, 0.1) is 5.41 Å². The maximum absolute atomic E-state index is 11.7. The van der Waals surface area contributed by atoms with Crippen molar-refractivity contribution in [1.29, 1.82) is 0 Å². The van der Waals surface area contributed by atoms with Crippen LogP contribution in [0.4, 0.5) is 0 Å². The monoisotopic (exact) mass is 289 g/mol. The van der Waals surface area contributed by atoms with Gasteiger partial charge in [0.1, 0.15) is 0 Å². The molecule has 0 bridgehead atoms. The Labute approximate surface area is 128 Å². The Kier molecular flexibility index (Phi) is 5.04. The van der Waals surface area contributed by atoms with Gasteiger partial charge in [0, 0.05) is 13.1 Å². The summed E-state index contributed by atoms with van der Waals surface area (Å²) in [6.07, 6.45) is 3.52. The zero-order chi connectivity index (χ0) is 15.5. The Hall–Kier alpha value is -1.35. The summed E-state index contributed by atoms with van der Waals surface area (Å²) >= 11 is 0. The number of piperidine rings is 1. The molecule has 0 radical (unpaired) electrons. The van der Waals surface area contributed by atoms with Gasteiger partial charge in [0.15, 0.2) is 0 Å². The van der Waals surface area contributed by atoms with Gasteiger partial charge in [-0.1, -0.05) is 37.1 Å². The number of rotatable bonds is 5. The van der Waals surface area contributed by atoms with Gasteiger partial charge in [-0.2, -0.15) is 0 Å². The number of benzene rings is 1. The lowest BCUT2D eigenvalue weighted by molar-refractivity contribution is -0.153. The van der Waals surface area contributed by atoms with Crippen LogP contribution in [-0.2, 0) is 11.3 Å². The molecule has 0 spiro atoms. The first-order valence-corrected chi connectivity index (χ1v) is 7.99. The Morgan fingerprint density at radius 3 is 2.76 bits per heavy atom. The first-order valence-electron chi connectivity index (χ1n) is 7.99. The molecule has 2 rings (SSSR count). The molecule has 0 amide bonds. The summed E-state index contributed by atoms with van der Waals surface area (Å²) in [5.41, 5.74) is 3.36. The van der Waals surface area contributed by atoms with Crippen LogP contribution in [0.3, 0.4) is 0 Å². The highest BCUT2D eigenvalue weighted by molar-refractivity contribution is 5.75. The van der Waals surface area contributed by atoms with Gasteiger partial charge in [-0.15, -0.1) is 0 Å². The SMILES string of the molecule is CCCC1(C(=O)O)CCCN(Cc2ccc(C)cc2C)C1. The van der Waals surface area contributed by atoms with E-state index in [0.717, 1.165) is 38.8 Å². The zero-order valence-electron chi connectivity index (χ0n) is 13.5. The number of aryl methyl sites for hydroxylation is 2. The van der Waals surface area contributed by atoms with Gasteiger partial charge in [-0.05, 0) is 50.8 Å². The number of hydrogen-bond acceptors (Lipinski definition) is 2. The lowest BCUT2D eigenvalue weighted by Gasteiger charge is -2.40. The van der Waals surface area contributed by atoms with Crippen LogP contribution in [-0.4, -0.2) is 29.1 Å². The van der Waals surface area contributed by atoms with Gasteiger partial charge in [-0.25, -0.2) is 0 Å². The molecule has 0 saturated carbocycles. The van der Waals surface area contributed by atoms with E-state index in [0.29, 0.717) is 6.54 Å². The van der Waals surface area contributed by atoms with Gasteiger partial charge in [0.2, 0.25) is 0 Å². The predicted molar refractivity (Wildman–Crippen MR) is 85.4 cm³/mol. The van der Waals surface area contributed by atoms with Gasteiger partial charge < -0.3 is 5.11 Å². The van der Waals surface area contributed by atoms with E-state index >= 15 is 0 Å². The molecular formula is C18H27NO2. The second-order valence-electron chi connectivity index (χ2n) is 6.58. The molecule has 116 valence electrons. The second-order valence-corrected chi connectivity index (χ2v) is 6.58. The molecular weight excluding hydrogens is 262 g/mol. The van der Waals surface area contributed by atoms with Crippen LogP contribution in [0.15, 0.2) is 18.2 Å². The average Bonchev–Trinajstić information content (AvgIpc) is 2.42. The minimum absolute atomic E-state index is 0.536. The first kappa shape index (κ1) is 16.0. The average molecular weight is 289 g/mol. The molecule has 1 aromatic rings. The molecule has 1 saturated heterocycles. The molecule has 1 N–H and O–H groups in total. The molecule has 3 heteroatoms. The van der Waals surface area contributed by atoms with Gasteiger partial charge in [0.25, 0.3) is 0 Å². The Morgan fingerprint density at radius 1 is 1.38 bits per heavy atom. The summed E-state index contributed by atoms with van der Waals surface area (Å²) in [7, 11) is 0. The van der Waals surface area contributed by atoms with Crippen molar-refractivity contribution in [3.05, 3.63) is 34.9 Å². The predicted octanol–water partition coefficient (Wildman–Crippen LogP) is 3.77. The van der Waals surface area contributed by atoms with Crippen molar-refractivity contribution in [3.8, 4) is 0 Å². The highest BCUT2D eigenvalue weighted by Crippen LogP contribution is 2.35. The smallest absolute Gasteiger partial charge is 0.310 e. The number of likely N-dealkylation sites (tertiary alicyclic amines) is 1. The molecule has 1 heterocycles. The van der Waals surface area contributed by atoms with Crippen LogP contribution in [0.2, 0.25) is 0 Å². The maximum Gasteiger partial charge on any atom is 0.310 e. The van der Waals surface area contributed by atoms with Crippen molar-refractivity contribution < 1.29 is 9.90 Å². The zero-order valence-corrected chi connectivity index (χ0v) is 13.5. The summed E-state index contributed by atoms with van der Waals surface area (Å²) in [6, 6.07) is 6.53. The van der Waals surface area contributed by atoms with E-state index in [9.17, 15) is 9.90 Å². The van der Waals surface area contributed by atoms with E-state index in [1.807, 2.05) is 0 Å².